The third kappa shape index (κ3) is 6.34. The van der Waals surface area contributed by atoms with E-state index < -0.39 is 0 Å². The van der Waals surface area contributed by atoms with Crippen LogP contribution in [0.5, 0.6) is 0 Å². The fourth-order valence-electron chi connectivity index (χ4n) is 11.5. The van der Waals surface area contributed by atoms with E-state index in [1.54, 1.807) is 0 Å². The number of aromatic nitrogens is 4. The van der Waals surface area contributed by atoms with Gasteiger partial charge >= 0.3 is 0 Å². The Morgan fingerprint density at radius 3 is 1.71 bits per heavy atom. The highest BCUT2D eigenvalue weighted by molar-refractivity contribution is 6.11. The van der Waals surface area contributed by atoms with E-state index in [0.29, 0.717) is 24.0 Å². The standard InChI is InChI=1S/C64H49N5/c1-40-20-8-7-17-33-68(58-38-55-50(36-49(40)58)46-27-11-14-30-53(46)63(55,2)3)44-25-18-23-42(34-44)61-65-60(41-21-9-6-10-22-41)66-62(67-61)43-24-19-26-45(35-43)69-57-32-16-13-29-48(57)52-37-51-47-28-12-15-31-54(47)64(4,5)56(51)39-59(52)69/h6-32,34-39H,1,33H2,2-5H3/b17-7-,20-8-. The van der Waals surface area contributed by atoms with Gasteiger partial charge in [0.05, 0.1) is 11.0 Å². The molecule has 1 aliphatic heterocycles. The third-order valence-corrected chi connectivity index (χ3v) is 15.0. The molecule has 330 valence electrons. The van der Waals surface area contributed by atoms with Crippen molar-refractivity contribution in [1.29, 1.82) is 0 Å². The SMILES string of the molecule is C=C1/C=C\C=C/CN(c2cccc(-c3nc(-c4ccccc4)nc(-c4cccc(-n5c6ccccc6c6cc7c(cc65)C(C)(C)c5ccccc5-7)c4)n3)c2)c2cc3c(cc21)-c1ccccc1C3(C)C. The van der Waals surface area contributed by atoms with Crippen molar-refractivity contribution in [2.24, 2.45) is 0 Å². The monoisotopic (exact) mass is 887 g/mol. The summed E-state index contributed by atoms with van der Waals surface area (Å²) >= 11 is 0. The Morgan fingerprint density at radius 1 is 0.435 bits per heavy atom. The van der Waals surface area contributed by atoms with Crippen molar-refractivity contribution in [2.45, 2.75) is 38.5 Å². The molecular formula is C64H49N5. The van der Waals surface area contributed by atoms with Crippen molar-refractivity contribution < 1.29 is 0 Å². The highest BCUT2D eigenvalue weighted by Gasteiger charge is 2.38. The Hall–Kier alpha value is -8.41. The first-order valence-electron chi connectivity index (χ1n) is 23.9. The molecule has 69 heavy (non-hydrogen) atoms. The number of benzene rings is 8. The first-order valence-corrected chi connectivity index (χ1v) is 23.9. The number of para-hydroxylation sites is 1. The van der Waals surface area contributed by atoms with Crippen molar-refractivity contribution in [2.75, 3.05) is 11.4 Å². The molecule has 13 rings (SSSR count). The Morgan fingerprint density at radius 2 is 1.00 bits per heavy atom. The number of nitrogens with zero attached hydrogens (tertiary/aromatic N) is 5. The van der Waals surface area contributed by atoms with Gasteiger partial charge in [0.15, 0.2) is 17.5 Å². The molecular weight excluding hydrogens is 839 g/mol. The fraction of sp³-hybridized carbons (Fsp3) is 0.109. The molecule has 2 aromatic heterocycles. The molecule has 0 fully saturated rings. The van der Waals surface area contributed by atoms with E-state index in [9.17, 15) is 0 Å². The van der Waals surface area contributed by atoms with Crippen LogP contribution in [0.25, 0.3) is 89.5 Å². The highest BCUT2D eigenvalue weighted by Crippen LogP contribution is 2.53. The van der Waals surface area contributed by atoms with Crippen molar-refractivity contribution in [3.63, 3.8) is 0 Å². The van der Waals surface area contributed by atoms with Crippen LogP contribution in [-0.2, 0) is 10.8 Å². The van der Waals surface area contributed by atoms with Gasteiger partial charge in [0.25, 0.3) is 0 Å². The quantitative estimate of drug-likeness (QED) is 0.173. The molecule has 0 spiro atoms. The minimum atomic E-state index is -0.155. The largest absolute Gasteiger partial charge is 0.337 e. The third-order valence-electron chi connectivity index (χ3n) is 15.0. The average Bonchev–Trinajstić information content (AvgIpc) is 3.94. The highest BCUT2D eigenvalue weighted by atomic mass is 15.1. The maximum absolute atomic E-state index is 5.33. The lowest BCUT2D eigenvalue weighted by Crippen LogP contribution is -2.20. The van der Waals surface area contributed by atoms with E-state index in [1.807, 2.05) is 18.2 Å². The molecule has 0 saturated carbocycles. The number of rotatable bonds is 5. The summed E-state index contributed by atoms with van der Waals surface area (Å²) in [6, 6.07) is 63.6. The number of fused-ring (bicyclic) bond motifs is 10. The summed E-state index contributed by atoms with van der Waals surface area (Å²) < 4.78 is 2.41. The van der Waals surface area contributed by atoms with Crippen LogP contribution in [-0.4, -0.2) is 26.1 Å². The lowest BCUT2D eigenvalue weighted by Gasteiger charge is -2.29. The second kappa shape index (κ2) is 15.3. The molecule has 2 aliphatic carbocycles. The second-order valence-electron chi connectivity index (χ2n) is 19.7. The van der Waals surface area contributed by atoms with Crippen LogP contribution in [0.4, 0.5) is 11.4 Å². The van der Waals surface area contributed by atoms with Gasteiger partial charge < -0.3 is 9.47 Å². The van der Waals surface area contributed by atoms with Crippen LogP contribution >= 0.6 is 0 Å². The lowest BCUT2D eigenvalue weighted by atomic mass is 9.81. The van der Waals surface area contributed by atoms with E-state index in [4.69, 9.17) is 15.0 Å². The maximum Gasteiger partial charge on any atom is 0.164 e. The normalized spacial score (nSPS) is 15.9. The zero-order valence-electron chi connectivity index (χ0n) is 39.2. The summed E-state index contributed by atoms with van der Waals surface area (Å²) in [4.78, 5) is 18.2. The van der Waals surface area contributed by atoms with Crippen molar-refractivity contribution >= 4 is 38.8 Å². The topological polar surface area (TPSA) is 46.8 Å². The van der Waals surface area contributed by atoms with Gasteiger partial charge in [-0.15, -0.1) is 0 Å². The average molecular weight is 888 g/mol. The molecule has 5 heteroatoms. The Balaban J connectivity index is 0.949. The molecule has 8 aromatic carbocycles. The van der Waals surface area contributed by atoms with E-state index in [0.717, 1.165) is 50.4 Å². The Labute approximate surface area is 403 Å². The molecule has 0 amide bonds. The predicted molar refractivity (Wildman–Crippen MR) is 286 cm³/mol. The van der Waals surface area contributed by atoms with E-state index >= 15 is 0 Å². The lowest BCUT2D eigenvalue weighted by molar-refractivity contribution is 0.660. The maximum atomic E-state index is 5.33. The van der Waals surface area contributed by atoms with E-state index in [-0.39, 0.29) is 10.8 Å². The molecule has 3 heterocycles. The number of hydrogen-bond acceptors (Lipinski definition) is 4. The van der Waals surface area contributed by atoms with Gasteiger partial charge in [0, 0.05) is 67.5 Å². The number of hydrogen-bond donors (Lipinski definition) is 0. The summed E-state index contributed by atoms with van der Waals surface area (Å²) in [7, 11) is 0. The molecule has 0 radical (unpaired) electrons. The van der Waals surface area contributed by atoms with Crippen LogP contribution in [0, 0.1) is 0 Å². The van der Waals surface area contributed by atoms with Crippen molar-refractivity contribution in [1.82, 2.24) is 19.5 Å². The van der Waals surface area contributed by atoms with Crippen LogP contribution < -0.4 is 4.90 Å². The smallest absolute Gasteiger partial charge is 0.164 e. The number of anilines is 2. The van der Waals surface area contributed by atoms with Crippen molar-refractivity contribution in [3.8, 4) is 62.1 Å². The van der Waals surface area contributed by atoms with Crippen LogP contribution in [0.2, 0.25) is 0 Å². The molecule has 0 bridgehead atoms. The minimum Gasteiger partial charge on any atom is -0.337 e. The summed E-state index contributed by atoms with van der Waals surface area (Å²) in [5, 5.41) is 2.47. The predicted octanol–water partition coefficient (Wildman–Crippen LogP) is 15.9. The van der Waals surface area contributed by atoms with Crippen LogP contribution in [0.15, 0.2) is 207 Å². The number of allylic oxidation sites excluding steroid dienone is 4. The minimum absolute atomic E-state index is 0.128. The van der Waals surface area contributed by atoms with Gasteiger partial charge in [0.2, 0.25) is 0 Å². The summed E-state index contributed by atoms with van der Waals surface area (Å²) in [6.45, 7) is 14.6. The molecule has 3 aliphatic rings. The molecule has 10 aromatic rings. The summed E-state index contributed by atoms with van der Waals surface area (Å²) in [5.41, 5.74) is 20.7. The van der Waals surface area contributed by atoms with Crippen LogP contribution in [0.3, 0.4) is 0 Å². The zero-order valence-corrected chi connectivity index (χ0v) is 39.2. The van der Waals surface area contributed by atoms with Gasteiger partial charge in [-0.3, -0.25) is 0 Å². The first-order chi connectivity index (χ1) is 33.6. The van der Waals surface area contributed by atoms with Gasteiger partial charge in [-0.05, 0) is 105 Å². The Kier molecular flexibility index (Phi) is 9.06. The molecule has 0 unspecified atom stereocenters. The zero-order chi connectivity index (χ0) is 46.6. The van der Waals surface area contributed by atoms with Crippen molar-refractivity contribution in [3.05, 3.63) is 235 Å². The second-order valence-corrected chi connectivity index (χ2v) is 19.7. The first kappa shape index (κ1) is 40.8. The molecule has 0 saturated heterocycles. The summed E-state index contributed by atoms with van der Waals surface area (Å²) in [6.07, 6.45) is 8.54. The summed E-state index contributed by atoms with van der Waals surface area (Å²) in [5.74, 6) is 1.84. The van der Waals surface area contributed by atoms with Gasteiger partial charge in [-0.1, -0.05) is 180 Å². The Bertz CT molecular complexity index is 3850. The van der Waals surface area contributed by atoms with Gasteiger partial charge in [-0.2, -0.15) is 0 Å². The van der Waals surface area contributed by atoms with E-state index in [2.05, 4.69) is 226 Å². The van der Waals surface area contributed by atoms with Gasteiger partial charge in [0.1, 0.15) is 0 Å². The fourth-order valence-corrected chi connectivity index (χ4v) is 11.5. The van der Waals surface area contributed by atoms with Crippen LogP contribution in [0.1, 0.15) is 55.5 Å². The van der Waals surface area contributed by atoms with Gasteiger partial charge in [-0.25, -0.2) is 15.0 Å². The van der Waals surface area contributed by atoms with E-state index in [1.165, 1.54) is 60.8 Å². The molecule has 5 nitrogen and oxygen atoms in total. The molecule has 0 N–H and O–H groups in total. The molecule has 0 atom stereocenters.